The molecule has 0 saturated carbocycles. The van der Waals surface area contributed by atoms with Gasteiger partial charge in [-0.15, -0.1) is 92.4 Å². The largest absolute Gasteiger partial charge is 0.461 e. The molecule has 1 amide bonds. The van der Waals surface area contributed by atoms with Gasteiger partial charge >= 0.3 is 12.1 Å². The first-order chi connectivity index (χ1) is 37.4. The van der Waals surface area contributed by atoms with Gasteiger partial charge in [-0.2, -0.15) is 0 Å². The number of benzene rings is 8. The number of nitrogens with one attached hydrogen (secondary N) is 1. The highest BCUT2D eigenvalue weighted by Gasteiger charge is 2.34. The molecule has 12 rings (SSSR count). The molecular weight excluding hydrogens is 1100 g/mol. The Morgan fingerprint density at radius 2 is 0.868 bits per heavy atom. The molecule has 0 bridgehead atoms. The van der Waals surface area contributed by atoms with Crippen LogP contribution in [0, 0.1) is 5.41 Å². The summed E-state index contributed by atoms with van der Waals surface area (Å²) in [5, 5.41) is 12.9. The summed E-state index contributed by atoms with van der Waals surface area (Å²) in [5.74, 6) is 2.26. The lowest BCUT2D eigenvalue weighted by Gasteiger charge is -2.34. The zero-order valence-electron chi connectivity index (χ0n) is 41.0. The Balaban J connectivity index is 0.890. The SMILES string of the molecule is C=CC(=O)OCCNC(=O)OC(COCC(CSc1cccc2c1sc1ccccc12)(CSc1cccc2c1sc1ccccc12)CSc1cccc2c1sc1ccccc12)CSc1cccc2c1sc1ccccc12. The fraction of sp³-hybridized carbons (Fsp3) is 0.161. The van der Waals surface area contributed by atoms with Crippen LogP contribution < -0.4 is 5.32 Å². The molecule has 1 atom stereocenters. The molecule has 380 valence electrons. The van der Waals surface area contributed by atoms with Gasteiger partial charge in [-0.05, 0) is 48.5 Å². The summed E-state index contributed by atoms with van der Waals surface area (Å²) in [5.41, 5.74) is -0.395. The maximum atomic E-state index is 13.6. The third-order valence-electron chi connectivity index (χ3n) is 13.3. The molecule has 0 aliphatic heterocycles. The van der Waals surface area contributed by atoms with Crippen molar-refractivity contribution >= 4 is 185 Å². The van der Waals surface area contributed by atoms with Crippen molar-refractivity contribution < 1.29 is 23.8 Å². The number of alkyl carbamates (subject to hydrolysis) is 1. The van der Waals surface area contributed by atoms with Crippen LogP contribution in [0.15, 0.2) is 202 Å². The van der Waals surface area contributed by atoms with Gasteiger partial charge in [-0.3, -0.25) is 0 Å². The minimum absolute atomic E-state index is 0.00102. The second-order valence-corrected chi connectivity index (χ2v) is 26.8. The molecule has 6 nitrogen and oxygen atoms in total. The van der Waals surface area contributed by atoms with Gasteiger partial charge in [0.25, 0.3) is 0 Å². The molecule has 4 heterocycles. The minimum Gasteiger partial charge on any atom is -0.461 e. The number of thioether (sulfide) groups is 4. The molecule has 0 aliphatic carbocycles. The van der Waals surface area contributed by atoms with Crippen molar-refractivity contribution in [2.24, 2.45) is 5.41 Å². The van der Waals surface area contributed by atoms with Crippen molar-refractivity contribution in [3.05, 3.63) is 183 Å². The number of hydrogen-bond acceptors (Lipinski definition) is 13. The van der Waals surface area contributed by atoms with E-state index in [0.29, 0.717) is 12.4 Å². The number of thiophene rings is 4. The predicted octanol–water partition coefficient (Wildman–Crippen LogP) is 18.5. The minimum atomic E-state index is -0.608. The number of rotatable bonds is 21. The van der Waals surface area contributed by atoms with Crippen LogP contribution in [0.1, 0.15) is 0 Å². The van der Waals surface area contributed by atoms with Crippen LogP contribution >= 0.6 is 92.4 Å². The van der Waals surface area contributed by atoms with Crippen LogP contribution in [-0.4, -0.2) is 67.5 Å². The second-order valence-electron chi connectivity index (χ2n) is 18.4. The van der Waals surface area contributed by atoms with E-state index >= 15 is 0 Å². The maximum absolute atomic E-state index is 13.6. The number of carbonyl (C=O) groups is 2. The van der Waals surface area contributed by atoms with Crippen molar-refractivity contribution in [2.45, 2.75) is 25.7 Å². The van der Waals surface area contributed by atoms with Gasteiger partial charge in [0.05, 0.1) is 19.8 Å². The topological polar surface area (TPSA) is 73.9 Å². The average Bonchev–Trinajstić information content (AvgIpc) is 4.29. The first kappa shape index (κ1) is 51.2. The highest BCUT2D eigenvalue weighted by atomic mass is 32.2. The summed E-state index contributed by atoms with van der Waals surface area (Å²) in [4.78, 5) is 30.3. The van der Waals surface area contributed by atoms with E-state index in [9.17, 15) is 9.59 Å². The van der Waals surface area contributed by atoms with Gasteiger partial charge < -0.3 is 19.5 Å². The standard InChI is InChI=1S/C62H49NO5S8/c1-2-56(64)67-32-31-63-61(65)68-39(34-69-52-27-11-19-44-40-15-3-7-23-48(40)73-57(44)52)33-66-35-62(36-70-53-28-12-20-45-41-16-4-8-24-49(41)74-58(45)53,37-71-54-29-13-21-46-42-17-5-9-25-50(42)75-59(46)54)38-72-55-30-14-22-47-43-18-6-10-26-51(43)76-60(47)55/h2-30,39H,1,31-38H2,(H,63,65). The highest BCUT2D eigenvalue weighted by Crippen LogP contribution is 2.48. The van der Waals surface area contributed by atoms with Crippen molar-refractivity contribution in [1.29, 1.82) is 0 Å². The molecule has 0 fully saturated rings. The van der Waals surface area contributed by atoms with Crippen LogP contribution in [0.3, 0.4) is 0 Å². The quantitative estimate of drug-likeness (QED) is 0.0328. The lowest BCUT2D eigenvalue weighted by Crippen LogP contribution is -2.38. The van der Waals surface area contributed by atoms with Crippen LogP contribution in [0.2, 0.25) is 0 Å². The number of ether oxygens (including phenoxy) is 3. The number of amides is 1. The summed E-state index contributed by atoms with van der Waals surface area (Å²) in [6.07, 6.45) is -0.0985. The molecule has 1 unspecified atom stereocenters. The van der Waals surface area contributed by atoms with Gasteiger partial charge in [0.1, 0.15) is 12.7 Å². The monoisotopic (exact) mass is 1140 g/mol. The van der Waals surface area contributed by atoms with Crippen LogP contribution in [-0.2, 0) is 19.0 Å². The lowest BCUT2D eigenvalue weighted by atomic mass is 9.97. The molecule has 12 aromatic rings. The molecule has 76 heavy (non-hydrogen) atoms. The van der Waals surface area contributed by atoms with Crippen molar-refractivity contribution in [2.75, 3.05) is 49.4 Å². The maximum Gasteiger partial charge on any atom is 0.407 e. The molecule has 0 spiro atoms. The summed E-state index contributed by atoms with van der Waals surface area (Å²) in [6, 6.07) is 61.2. The molecule has 1 N–H and O–H groups in total. The number of esters is 1. The summed E-state index contributed by atoms with van der Waals surface area (Å²) >= 11 is 14.8. The Bertz CT molecular complexity index is 3820. The fourth-order valence-electron chi connectivity index (χ4n) is 9.54. The van der Waals surface area contributed by atoms with E-state index < -0.39 is 23.6 Å². The van der Waals surface area contributed by atoms with Crippen LogP contribution in [0.25, 0.3) is 80.7 Å². The summed E-state index contributed by atoms with van der Waals surface area (Å²) < 4.78 is 28.7. The van der Waals surface area contributed by atoms with Crippen molar-refractivity contribution in [1.82, 2.24) is 5.32 Å². The van der Waals surface area contributed by atoms with Crippen molar-refractivity contribution in [3.8, 4) is 0 Å². The molecular formula is C62H49NO5S8. The highest BCUT2D eigenvalue weighted by molar-refractivity contribution is 8.01. The van der Waals surface area contributed by atoms with Crippen molar-refractivity contribution in [3.63, 3.8) is 0 Å². The van der Waals surface area contributed by atoms with E-state index in [1.807, 2.05) is 69.3 Å². The summed E-state index contributed by atoms with van der Waals surface area (Å²) in [7, 11) is 0. The molecule has 0 aliphatic rings. The fourth-order valence-corrected chi connectivity index (χ4v) is 20.0. The van der Waals surface area contributed by atoms with E-state index in [4.69, 9.17) is 14.2 Å². The zero-order chi connectivity index (χ0) is 51.4. The molecule has 4 aromatic heterocycles. The average molecular weight is 1140 g/mol. The smallest absolute Gasteiger partial charge is 0.407 e. The van der Waals surface area contributed by atoms with E-state index in [0.717, 1.165) is 28.2 Å². The van der Waals surface area contributed by atoms with E-state index in [-0.39, 0.29) is 19.8 Å². The Morgan fingerprint density at radius 3 is 1.26 bits per heavy atom. The summed E-state index contributed by atoms with van der Waals surface area (Å²) in [6.45, 7) is 4.17. The van der Waals surface area contributed by atoms with E-state index in [1.165, 1.54) is 95.4 Å². The lowest BCUT2D eigenvalue weighted by molar-refractivity contribution is -0.137. The zero-order valence-corrected chi connectivity index (χ0v) is 47.5. The third-order valence-corrected chi connectivity index (χ3v) is 24.1. The Morgan fingerprint density at radius 1 is 0.500 bits per heavy atom. The normalized spacial score (nSPS) is 12.5. The number of carbonyl (C=O) groups excluding carboxylic acids is 2. The van der Waals surface area contributed by atoms with Crippen LogP contribution in [0.4, 0.5) is 4.79 Å². The molecule has 14 heteroatoms. The van der Waals surface area contributed by atoms with Gasteiger partial charge in [0, 0.05) is 135 Å². The predicted molar refractivity (Wildman–Crippen MR) is 333 cm³/mol. The van der Waals surface area contributed by atoms with Gasteiger partial charge in [0.15, 0.2) is 0 Å². The molecule has 0 saturated heterocycles. The molecule has 8 aromatic carbocycles. The Labute approximate surface area is 473 Å². The third kappa shape index (κ3) is 10.9. The number of fused-ring (bicyclic) bond motifs is 12. The first-order valence-corrected chi connectivity index (χ1v) is 32.0. The number of hydrogen-bond donors (Lipinski definition) is 1. The van der Waals surface area contributed by atoms with Gasteiger partial charge in [-0.1, -0.05) is 128 Å². The van der Waals surface area contributed by atoms with Gasteiger partial charge in [-0.25, -0.2) is 9.59 Å². The Kier molecular flexibility index (Phi) is 15.7. The Hall–Kier alpha value is -5.52. The molecule has 0 radical (unpaired) electrons. The second kappa shape index (κ2) is 23.2. The first-order valence-electron chi connectivity index (χ1n) is 24.8. The van der Waals surface area contributed by atoms with E-state index in [1.54, 1.807) is 23.1 Å². The van der Waals surface area contributed by atoms with E-state index in [2.05, 4.69) is 182 Å². The van der Waals surface area contributed by atoms with Crippen LogP contribution in [0.5, 0.6) is 0 Å². The van der Waals surface area contributed by atoms with Gasteiger partial charge in [0.2, 0.25) is 0 Å².